The van der Waals surface area contributed by atoms with Gasteiger partial charge >= 0.3 is 0 Å². The summed E-state index contributed by atoms with van der Waals surface area (Å²) in [6.07, 6.45) is 4.95. The van der Waals surface area contributed by atoms with Crippen LogP contribution in [-0.4, -0.2) is 48.5 Å². The van der Waals surface area contributed by atoms with Gasteiger partial charge in [0.05, 0.1) is 12.8 Å². The minimum atomic E-state index is -0.188. The van der Waals surface area contributed by atoms with Gasteiger partial charge < -0.3 is 5.11 Å². The highest BCUT2D eigenvalue weighted by Crippen LogP contribution is 2.22. The van der Waals surface area contributed by atoms with E-state index in [2.05, 4.69) is 9.88 Å². The molecular weight excluding hydrogens is 346 g/mol. The maximum Gasteiger partial charge on any atom is 0.204 e. The second-order valence-corrected chi connectivity index (χ2v) is 6.87. The molecule has 1 fully saturated rings. The third-order valence-corrected chi connectivity index (χ3v) is 5.06. The van der Waals surface area contributed by atoms with Crippen LogP contribution in [0.25, 0.3) is 17.1 Å². The van der Waals surface area contributed by atoms with Crippen LogP contribution in [0.5, 0.6) is 0 Å². The number of aliphatic hydroxyl groups excluding tert-OH is 1. The summed E-state index contributed by atoms with van der Waals surface area (Å²) >= 11 is 5.75. The molecule has 0 unspecified atom stereocenters. The number of hydrogen-bond donors (Lipinski definition) is 1. The second-order valence-electron chi connectivity index (χ2n) is 6.51. The van der Waals surface area contributed by atoms with Crippen LogP contribution in [-0.2, 0) is 6.67 Å². The van der Waals surface area contributed by atoms with Gasteiger partial charge in [-0.3, -0.25) is 14.5 Å². The quantitative estimate of drug-likeness (QED) is 0.719. The van der Waals surface area contributed by atoms with Crippen molar-refractivity contribution in [2.75, 3.05) is 13.1 Å². The summed E-state index contributed by atoms with van der Waals surface area (Å²) in [5.74, 6) is 0.784. The molecule has 0 aliphatic carbocycles. The first-order valence-corrected chi connectivity index (χ1v) is 9.19. The SMILES string of the molecule is OC1CCN(Cn2nc(-c3cccnc3)n(-c3ccccc3)c2=S)CC1. The van der Waals surface area contributed by atoms with Gasteiger partial charge in [0.15, 0.2) is 5.82 Å². The monoisotopic (exact) mass is 367 g/mol. The topological polar surface area (TPSA) is 59.1 Å². The van der Waals surface area contributed by atoms with E-state index < -0.39 is 0 Å². The van der Waals surface area contributed by atoms with E-state index in [1.807, 2.05) is 51.7 Å². The van der Waals surface area contributed by atoms with Gasteiger partial charge in [0.2, 0.25) is 4.77 Å². The Balaban J connectivity index is 1.75. The third kappa shape index (κ3) is 3.46. The van der Waals surface area contributed by atoms with Gasteiger partial charge in [0.25, 0.3) is 0 Å². The van der Waals surface area contributed by atoms with Crippen molar-refractivity contribution in [2.24, 2.45) is 0 Å². The summed E-state index contributed by atoms with van der Waals surface area (Å²) in [7, 11) is 0. The van der Waals surface area contributed by atoms with Gasteiger partial charge in [-0.2, -0.15) is 0 Å². The summed E-state index contributed by atoms with van der Waals surface area (Å²) in [6, 6.07) is 13.9. The molecule has 1 N–H and O–H groups in total. The number of rotatable bonds is 4. The van der Waals surface area contributed by atoms with Gasteiger partial charge in [-0.25, -0.2) is 4.68 Å². The van der Waals surface area contributed by atoms with Crippen LogP contribution in [0.15, 0.2) is 54.9 Å². The number of para-hydroxylation sites is 1. The number of aromatic nitrogens is 4. The molecule has 0 spiro atoms. The molecular formula is C19H21N5OS. The lowest BCUT2D eigenvalue weighted by atomic mass is 10.1. The van der Waals surface area contributed by atoms with Crippen LogP contribution >= 0.6 is 12.2 Å². The number of hydrogen-bond acceptors (Lipinski definition) is 5. The molecule has 1 saturated heterocycles. The number of likely N-dealkylation sites (tertiary alicyclic amines) is 1. The van der Waals surface area contributed by atoms with Gasteiger partial charge in [0.1, 0.15) is 0 Å². The molecule has 4 rings (SSSR count). The summed E-state index contributed by atoms with van der Waals surface area (Å²) in [4.78, 5) is 6.50. The molecule has 0 atom stereocenters. The molecule has 0 bridgehead atoms. The normalized spacial score (nSPS) is 16.0. The van der Waals surface area contributed by atoms with Crippen molar-refractivity contribution in [1.29, 1.82) is 0 Å². The molecule has 26 heavy (non-hydrogen) atoms. The van der Waals surface area contributed by atoms with Crippen molar-refractivity contribution in [2.45, 2.75) is 25.6 Å². The molecule has 7 heteroatoms. The maximum absolute atomic E-state index is 9.71. The maximum atomic E-state index is 9.71. The van der Waals surface area contributed by atoms with E-state index in [9.17, 15) is 5.11 Å². The highest BCUT2D eigenvalue weighted by molar-refractivity contribution is 7.71. The van der Waals surface area contributed by atoms with Crippen molar-refractivity contribution in [3.63, 3.8) is 0 Å². The lowest BCUT2D eigenvalue weighted by molar-refractivity contribution is 0.0651. The zero-order valence-corrected chi connectivity index (χ0v) is 15.2. The van der Waals surface area contributed by atoms with E-state index in [-0.39, 0.29) is 6.10 Å². The van der Waals surface area contributed by atoms with Gasteiger partial charge in [-0.15, -0.1) is 5.10 Å². The van der Waals surface area contributed by atoms with Crippen LogP contribution in [0.3, 0.4) is 0 Å². The van der Waals surface area contributed by atoms with Crippen LogP contribution in [0.2, 0.25) is 0 Å². The van der Waals surface area contributed by atoms with Crippen molar-refractivity contribution in [1.82, 2.24) is 24.2 Å². The third-order valence-electron chi connectivity index (χ3n) is 4.66. The van der Waals surface area contributed by atoms with E-state index in [4.69, 9.17) is 17.3 Å². The molecule has 0 radical (unpaired) electrons. The molecule has 134 valence electrons. The number of nitrogens with zero attached hydrogens (tertiary/aromatic N) is 5. The lowest BCUT2D eigenvalue weighted by Crippen LogP contribution is -2.37. The lowest BCUT2D eigenvalue weighted by Gasteiger charge is -2.28. The fourth-order valence-electron chi connectivity index (χ4n) is 3.24. The molecule has 1 aromatic carbocycles. The Kier molecular flexibility index (Phi) is 4.92. The van der Waals surface area contributed by atoms with Crippen molar-refractivity contribution < 1.29 is 5.11 Å². The zero-order chi connectivity index (χ0) is 17.9. The predicted molar refractivity (Wildman–Crippen MR) is 102 cm³/mol. The fraction of sp³-hybridized carbons (Fsp3) is 0.316. The molecule has 0 saturated carbocycles. The number of aliphatic hydroxyl groups is 1. The van der Waals surface area contributed by atoms with E-state index in [1.165, 1.54) is 0 Å². The molecule has 3 aromatic rings. The van der Waals surface area contributed by atoms with Crippen molar-refractivity contribution >= 4 is 12.2 Å². The van der Waals surface area contributed by atoms with Crippen LogP contribution in [0.1, 0.15) is 12.8 Å². The van der Waals surface area contributed by atoms with E-state index in [1.54, 1.807) is 12.4 Å². The molecule has 0 amide bonds. The van der Waals surface area contributed by atoms with Crippen LogP contribution < -0.4 is 0 Å². The van der Waals surface area contributed by atoms with E-state index >= 15 is 0 Å². The van der Waals surface area contributed by atoms with Crippen LogP contribution in [0.4, 0.5) is 0 Å². The number of pyridine rings is 1. The molecule has 3 heterocycles. The minimum Gasteiger partial charge on any atom is -0.393 e. The molecule has 6 nitrogen and oxygen atoms in total. The summed E-state index contributed by atoms with van der Waals surface area (Å²) < 4.78 is 4.51. The first-order chi connectivity index (χ1) is 12.7. The Morgan fingerprint density at radius 2 is 1.85 bits per heavy atom. The van der Waals surface area contributed by atoms with E-state index in [0.29, 0.717) is 11.4 Å². The summed E-state index contributed by atoms with van der Waals surface area (Å²) in [5, 5.41) is 14.5. The Hall–Kier alpha value is -2.35. The highest BCUT2D eigenvalue weighted by atomic mass is 32.1. The molecule has 1 aliphatic heterocycles. The summed E-state index contributed by atoms with van der Waals surface area (Å²) in [6.45, 7) is 2.32. The predicted octanol–water partition coefficient (Wildman–Crippen LogP) is 2.88. The first-order valence-electron chi connectivity index (χ1n) is 8.78. The van der Waals surface area contributed by atoms with Crippen molar-refractivity contribution in [3.8, 4) is 17.1 Å². The molecule has 2 aromatic heterocycles. The number of piperidine rings is 1. The Morgan fingerprint density at radius 3 is 2.54 bits per heavy atom. The average Bonchev–Trinajstić information content (AvgIpc) is 3.01. The fourth-order valence-corrected chi connectivity index (χ4v) is 3.53. The van der Waals surface area contributed by atoms with Gasteiger partial charge in [-0.1, -0.05) is 18.2 Å². The number of benzene rings is 1. The Labute approximate surface area is 157 Å². The van der Waals surface area contributed by atoms with Gasteiger partial charge in [0, 0.05) is 36.7 Å². The Bertz CT molecular complexity index is 914. The zero-order valence-electron chi connectivity index (χ0n) is 14.4. The highest BCUT2D eigenvalue weighted by Gasteiger charge is 2.20. The minimum absolute atomic E-state index is 0.188. The first kappa shape index (κ1) is 17.1. The van der Waals surface area contributed by atoms with E-state index in [0.717, 1.165) is 43.0 Å². The molecule has 1 aliphatic rings. The van der Waals surface area contributed by atoms with Gasteiger partial charge in [-0.05, 0) is 49.3 Å². The van der Waals surface area contributed by atoms with Crippen molar-refractivity contribution in [3.05, 3.63) is 59.6 Å². The summed E-state index contributed by atoms with van der Waals surface area (Å²) in [5.41, 5.74) is 1.91. The Morgan fingerprint density at radius 1 is 1.08 bits per heavy atom. The smallest absolute Gasteiger partial charge is 0.204 e. The average molecular weight is 367 g/mol. The largest absolute Gasteiger partial charge is 0.393 e. The van der Waals surface area contributed by atoms with Crippen LogP contribution in [0, 0.1) is 4.77 Å². The standard InChI is InChI=1S/C19H21N5OS/c25-17-8-11-22(12-9-17)14-23-19(26)24(16-6-2-1-3-7-16)18(21-23)15-5-4-10-20-13-15/h1-7,10,13,17,25H,8-9,11-12,14H2. The second kappa shape index (κ2) is 7.49.